The van der Waals surface area contributed by atoms with Crippen molar-refractivity contribution in [1.82, 2.24) is 0 Å². The van der Waals surface area contributed by atoms with Crippen molar-refractivity contribution < 1.29 is 35.5 Å². The van der Waals surface area contributed by atoms with Crippen LogP contribution in [0.25, 0.3) is 11.1 Å². The minimum absolute atomic E-state index is 0.228. The second-order valence-corrected chi connectivity index (χ2v) is 15.9. The van der Waals surface area contributed by atoms with Crippen LogP contribution in [0.15, 0.2) is 113 Å². The summed E-state index contributed by atoms with van der Waals surface area (Å²) in [5, 5.41) is 28.0. The predicted octanol–water partition coefficient (Wildman–Crippen LogP) is 7.52. The molecule has 0 saturated heterocycles. The predicted molar refractivity (Wildman–Crippen MR) is 202 cm³/mol. The first-order valence-corrected chi connectivity index (χ1v) is 19.3. The van der Waals surface area contributed by atoms with Crippen LogP contribution in [-0.2, 0) is 29.8 Å². The Morgan fingerprint density at radius 1 is 0.593 bits per heavy atom. The third-order valence-electron chi connectivity index (χ3n) is 8.37. The van der Waals surface area contributed by atoms with E-state index in [4.69, 9.17) is 23.2 Å². The summed E-state index contributed by atoms with van der Waals surface area (Å²) in [4.78, 5) is 25.8. The molecule has 0 aliphatic carbocycles. The Labute approximate surface area is 319 Å². The van der Waals surface area contributed by atoms with Crippen LogP contribution in [0.5, 0.6) is 0 Å². The highest BCUT2D eigenvalue weighted by Gasteiger charge is 2.37. The summed E-state index contributed by atoms with van der Waals surface area (Å²) in [6.45, 7) is 6.37. The van der Waals surface area contributed by atoms with Crippen molar-refractivity contribution in [2.75, 3.05) is 10.0 Å². The molecule has 0 spiro atoms. The summed E-state index contributed by atoms with van der Waals surface area (Å²) in [6, 6.07) is 15.4. The van der Waals surface area contributed by atoms with Gasteiger partial charge in [-0.15, -0.1) is 0 Å². The molecule has 6 rings (SSSR count). The Balaban J connectivity index is 1.13. The first-order valence-electron chi connectivity index (χ1n) is 15.7. The second kappa shape index (κ2) is 14.5. The van der Waals surface area contributed by atoms with Crippen molar-refractivity contribution >= 4 is 89.4 Å². The Morgan fingerprint density at radius 3 is 1.28 bits per heavy atom. The standard InChI is InChI=1S/C34H28Cl2N8O8S2/c1-17-13-23(53(47,48)49)7-11-29(17)43-33(45)31(19(3)41-43)39-37-27-9-5-21(15-25(27)35)22-6-10-28(26(36)16-22)38-40-32-20(4)42-44(34(32)46)30-12-8-24(14-18(30)2)54(50,51)52/h5-16,31-32H,1-4H3,(H,47,48,49)(H,50,51,52). The Hall–Kier alpha value is -5.24. The maximum absolute atomic E-state index is 13.2. The summed E-state index contributed by atoms with van der Waals surface area (Å²) in [5.74, 6) is -1.03. The van der Waals surface area contributed by atoms with Crippen molar-refractivity contribution in [2.45, 2.75) is 49.6 Å². The lowest BCUT2D eigenvalue weighted by molar-refractivity contribution is -0.118. The quantitative estimate of drug-likeness (QED) is 0.127. The topological polar surface area (TPSA) is 224 Å². The van der Waals surface area contributed by atoms with E-state index in [1.54, 1.807) is 64.1 Å². The van der Waals surface area contributed by atoms with Crippen molar-refractivity contribution in [2.24, 2.45) is 30.7 Å². The maximum atomic E-state index is 13.2. The van der Waals surface area contributed by atoms with Crippen molar-refractivity contribution in [1.29, 1.82) is 0 Å². The molecule has 2 aliphatic heterocycles. The molecule has 4 aromatic rings. The number of hydrazone groups is 2. The van der Waals surface area contributed by atoms with Gasteiger partial charge in [-0.1, -0.05) is 35.3 Å². The number of benzene rings is 4. The van der Waals surface area contributed by atoms with Gasteiger partial charge in [-0.2, -0.15) is 57.5 Å². The number of amides is 2. The van der Waals surface area contributed by atoms with Crippen LogP contribution in [0.2, 0.25) is 10.0 Å². The highest BCUT2D eigenvalue weighted by Crippen LogP contribution is 2.36. The average Bonchev–Trinajstić information content (AvgIpc) is 3.54. The van der Waals surface area contributed by atoms with E-state index in [9.17, 15) is 35.5 Å². The average molecular weight is 812 g/mol. The fraction of sp³-hybridized carbons (Fsp3) is 0.176. The lowest BCUT2D eigenvalue weighted by atomic mass is 10.0. The SMILES string of the molecule is CC1=NN(c2ccc(S(=O)(=O)O)cc2C)C(=O)C1N=Nc1ccc(-c2ccc(N=NC3C(=O)N(c4ccc(S(=O)(=O)O)cc4C)N=C3C)c(Cl)c2)cc1Cl. The van der Waals surface area contributed by atoms with Crippen molar-refractivity contribution in [3.05, 3.63) is 94.0 Å². The molecular formula is C34H28Cl2N8O8S2. The summed E-state index contributed by atoms with van der Waals surface area (Å²) in [7, 11) is -8.85. The molecule has 2 aliphatic rings. The Bertz CT molecular complexity index is 2430. The maximum Gasteiger partial charge on any atom is 0.294 e. The van der Waals surface area contributed by atoms with Crippen LogP contribution in [0.4, 0.5) is 22.7 Å². The van der Waals surface area contributed by atoms with Gasteiger partial charge in [0.05, 0.1) is 42.6 Å². The van der Waals surface area contributed by atoms with E-state index in [0.717, 1.165) is 10.0 Å². The molecule has 2 unspecified atom stereocenters. The summed E-state index contributed by atoms with van der Waals surface area (Å²) >= 11 is 13.1. The van der Waals surface area contributed by atoms with Crippen LogP contribution in [0, 0.1) is 13.8 Å². The molecule has 2 heterocycles. The van der Waals surface area contributed by atoms with Gasteiger partial charge in [0.1, 0.15) is 11.4 Å². The highest BCUT2D eigenvalue weighted by atomic mass is 35.5. The molecule has 2 atom stereocenters. The molecule has 2 N–H and O–H groups in total. The van der Waals surface area contributed by atoms with Gasteiger partial charge in [-0.3, -0.25) is 18.7 Å². The molecule has 0 aromatic heterocycles. The molecule has 4 aromatic carbocycles. The highest BCUT2D eigenvalue weighted by molar-refractivity contribution is 7.86. The molecule has 54 heavy (non-hydrogen) atoms. The fourth-order valence-corrected chi connectivity index (χ4v) is 7.12. The Kier molecular flexibility index (Phi) is 10.4. The van der Waals surface area contributed by atoms with Crippen LogP contribution in [0.3, 0.4) is 0 Å². The minimum atomic E-state index is -4.42. The smallest absolute Gasteiger partial charge is 0.282 e. The molecular weight excluding hydrogens is 783 g/mol. The summed E-state index contributed by atoms with van der Waals surface area (Å²) in [6.07, 6.45) is 0. The number of halogens is 2. The number of nitrogens with zero attached hydrogens (tertiary/aromatic N) is 8. The van der Waals surface area contributed by atoms with Gasteiger partial charge >= 0.3 is 0 Å². The normalized spacial score (nSPS) is 18.0. The molecule has 20 heteroatoms. The largest absolute Gasteiger partial charge is 0.294 e. The van der Waals surface area contributed by atoms with Gasteiger partial charge in [0.25, 0.3) is 32.1 Å². The molecule has 0 bridgehead atoms. The zero-order valence-corrected chi connectivity index (χ0v) is 31.7. The van der Waals surface area contributed by atoms with E-state index < -0.39 is 44.1 Å². The number of azo groups is 2. The lowest BCUT2D eigenvalue weighted by Crippen LogP contribution is -2.30. The molecule has 278 valence electrons. The third kappa shape index (κ3) is 7.70. The number of aryl methyl sites for hydroxylation is 2. The summed E-state index contributed by atoms with van der Waals surface area (Å²) in [5.41, 5.74) is 4.03. The van der Waals surface area contributed by atoms with Crippen LogP contribution >= 0.6 is 23.2 Å². The summed E-state index contributed by atoms with van der Waals surface area (Å²) < 4.78 is 64.6. The van der Waals surface area contributed by atoms with Gasteiger partial charge in [-0.25, -0.2) is 0 Å². The van der Waals surface area contributed by atoms with Crippen LogP contribution < -0.4 is 10.0 Å². The molecule has 16 nitrogen and oxygen atoms in total. The molecule has 0 fully saturated rings. The zero-order chi connectivity index (χ0) is 39.3. The van der Waals surface area contributed by atoms with E-state index in [0.29, 0.717) is 45.1 Å². The van der Waals surface area contributed by atoms with Gasteiger partial charge in [0.2, 0.25) is 0 Å². The van der Waals surface area contributed by atoms with Crippen LogP contribution in [0.1, 0.15) is 25.0 Å². The molecule has 0 saturated carbocycles. The van der Waals surface area contributed by atoms with Gasteiger partial charge in [0.15, 0.2) is 12.1 Å². The van der Waals surface area contributed by atoms with E-state index in [-0.39, 0.29) is 31.2 Å². The van der Waals surface area contributed by atoms with E-state index in [1.807, 2.05) is 0 Å². The van der Waals surface area contributed by atoms with Gasteiger partial charge in [0, 0.05) is 0 Å². The number of carbonyl (C=O) groups is 2. The van der Waals surface area contributed by atoms with Gasteiger partial charge < -0.3 is 0 Å². The monoisotopic (exact) mass is 810 g/mol. The molecule has 0 radical (unpaired) electrons. The van der Waals surface area contributed by atoms with Crippen molar-refractivity contribution in [3.63, 3.8) is 0 Å². The Morgan fingerprint density at radius 2 is 0.963 bits per heavy atom. The first-order chi connectivity index (χ1) is 25.3. The number of rotatable bonds is 9. The van der Waals surface area contributed by atoms with E-state index >= 15 is 0 Å². The zero-order valence-electron chi connectivity index (χ0n) is 28.6. The number of anilines is 2. The van der Waals surface area contributed by atoms with Crippen LogP contribution in [-0.4, -0.2) is 61.3 Å². The lowest BCUT2D eigenvalue weighted by Gasteiger charge is -2.15. The minimum Gasteiger partial charge on any atom is -0.282 e. The van der Waals surface area contributed by atoms with Crippen molar-refractivity contribution in [3.8, 4) is 11.1 Å². The molecule has 2 amide bonds. The number of hydrogen-bond acceptors (Lipinski definition) is 12. The number of carbonyl (C=O) groups excluding carboxylic acids is 2. The number of hydrogen-bond donors (Lipinski definition) is 2. The van der Waals surface area contributed by atoms with E-state index in [2.05, 4.69) is 30.7 Å². The van der Waals surface area contributed by atoms with E-state index in [1.165, 1.54) is 36.4 Å². The third-order valence-corrected chi connectivity index (χ3v) is 10.7. The first kappa shape index (κ1) is 38.5. The second-order valence-electron chi connectivity index (χ2n) is 12.2. The van der Waals surface area contributed by atoms with Gasteiger partial charge in [-0.05, 0) is 111 Å². The fourth-order valence-electron chi connectivity index (χ4n) is 5.55.